The van der Waals surface area contributed by atoms with E-state index in [1.54, 1.807) is 42.7 Å². The van der Waals surface area contributed by atoms with E-state index in [9.17, 15) is 0 Å². The van der Waals surface area contributed by atoms with Gasteiger partial charge in [-0.25, -0.2) is 0 Å². The number of hydrogen-bond acceptors (Lipinski definition) is 6. The minimum absolute atomic E-state index is 0.539. The summed E-state index contributed by atoms with van der Waals surface area (Å²) in [5, 5.41) is 0. The van der Waals surface area contributed by atoms with Crippen LogP contribution < -0.4 is 39.3 Å². The predicted molar refractivity (Wildman–Crippen MR) is 172 cm³/mol. The maximum atomic E-state index is 6.02. The second-order valence-corrected chi connectivity index (χ2v) is 9.37. The van der Waals surface area contributed by atoms with Gasteiger partial charge in [0.25, 0.3) is 6.71 Å². The van der Waals surface area contributed by atoms with Crippen LogP contribution in [0.3, 0.4) is 0 Å². The molecule has 0 aliphatic carbocycles. The lowest BCUT2D eigenvalue weighted by molar-refractivity contribution is 0.392. The van der Waals surface area contributed by atoms with Crippen molar-refractivity contribution in [3.05, 3.63) is 109 Å². The first-order valence-corrected chi connectivity index (χ1v) is 13.6. The number of hydrogen-bond donors (Lipinski definition) is 0. The van der Waals surface area contributed by atoms with E-state index in [0.717, 1.165) is 33.1 Å². The Kier molecular flexibility index (Phi) is 10.2. The number of allylic oxidation sites excluding steroid dienone is 2. The van der Waals surface area contributed by atoms with Crippen molar-refractivity contribution in [1.82, 2.24) is 0 Å². The Morgan fingerprint density at radius 2 is 0.929 bits per heavy atom. The van der Waals surface area contributed by atoms with Gasteiger partial charge in [0.05, 0.1) is 48.2 Å². The van der Waals surface area contributed by atoms with E-state index < -0.39 is 6.71 Å². The second kappa shape index (κ2) is 14.2. The van der Waals surface area contributed by atoms with Gasteiger partial charge in [-0.2, -0.15) is 0 Å². The van der Waals surface area contributed by atoms with Crippen molar-refractivity contribution in [2.45, 2.75) is 6.42 Å². The minimum atomic E-state index is -0.539. The first kappa shape index (κ1) is 30.2. The SMILES string of the molecule is C=CC/C(=C(/B(c1c(OC)cccc1OC)c1c(OC)cccc1OC)c1c(OC)cccc1OC)c1ccccc1. The summed E-state index contributed by atoms with van der Waals surface area (Å²) in [6, 6.07) is 27.6. The van der Waals surface area contributed by atoms with Crippen molar-refractivity contribution in [3.8, 4) is 34.5 Å². The van der Waals surface area contributed by atoms with Crippen LogP contribution in [-0.4, -0.2) is 49.4 Å². The van der Waals surface area contributed by atoms with Crippen LogP contribution in [0.1, 0.15) is 17.5 Å². The molecule has 42 heavy (non-hydrogen) atoms. The molecule has 0 fully saturated rings. The molecule has 7 heteroatoms. The van der Waals surface area contributed by atoms with E-state index in [1.165, 1.54) is 0 Å². The minimum Gasteiger partial charge on any atom is -0.497 e. The maximum absolute atomic E-state index is 6.02. The zero-order valence-corrected chi connectivity index (χ0v) is 25.1. The van der Waals surface area contributed by atoms with Gasteiger partial charge in [0.2, 0.25) is 0 Å². The van der Waals surface area contributed by atoms with Crippen LogP contribution in [0.5, 0.6) is 34.5 Å². The third-order valence-electron chi connectivity index (χ3n) is 7.29. The van der Waals surface area contributed by atoms with E-state index in [4.69, 9.17) is 28.4 Å². The molecule has 0 radical (unpaired) electrons. The van der Waals surface area contributed by atoms with E-state index in [2.05, 4.69) is 18.7 Å². The smallest absolute Gasteiger partial charge is 0.262 e. The third-order valence-corrected chi connectivity index (χ3v) is 7.29. The lowest BCUT2D eigenvalue weighted by Gasteiger charge is -2.29. The molecule has 0 heterocycles. The zero-order valence-electron chi connectivity index (χ0n) is 25.1. The Labute approximate surface area is 249 Å². The molecule has 0 N–H and O–H groups in total. The first-order chi connectivity index (χ1) is 20.6. The highest BCUT2D eigenvalue weighted by molar-refractivity contribution is 7.02. The van der Waals surface area contributed by atoms with Gasteiger partial charge in [-0.1, -0.05) is 54.6 Å². The molecule has 0 aromatic heterocycles. The van der Waals surface area contributed by atoms with Crippen molar-refractivity contribution in [1.29, 1.82) is 0 Å². The van der Waals surface area contributed by atoms with Crippen LogP contribution in [0.25, 0.3) is 11.0 Å². The summed E-state index contributed by atoms with van der Waals surface area (Å²) >= 11 is 0. The van der Waals surface area contributed by atoms with Crippen molar-refractivity contribution < 1.29 is 28.4 Å². The molecule has 0 amide bonds. The number of rotatable bonds is 13. The summed E-state index contributed by atoms with van der Waals surface area (Å²) in [5.41, 5.74) is 5.32. The fourth-order valence-corrected chi connectivity index (χ4v) is 5.51. The summed E-state index contributed by atoms with van der Waals surface area (Å²) in [6.07, 6.45) is 2.45. The van der Waals surface area contributed by atoms with Crippen LogP contribution in [0.2, 0.25) is 0 Å². The van der Waals surface area contributed by atoms with E-state index in [0.29, 0.717) is 40.9 Å². The Bertz CT molecular complexity index is 1420. The van der Waals surface area contributed by atoms with E-state index >= 15 is 0 Å². The lowest BCUT2D eigenvalue weighted by Crippen LogP contribution is -2.46. The van der Waals surface area contributed by atoms with Crippen LogP contribution >= 0.6 is 0 Å². The quantitative estimate of drug-likeness (QED) is 0.112. The number of ether oxygens (including phenoxy) is 6. The molecule has 0 saturated carbocycles. The van der Waals surface area contributed by atoms with Crippen molar-refractivity contribution in [3.63, 3.8) is 0 Å². The number of methoxy groups -OCH3 is 6. The average Bonchev–Trinajstić information content (AvgIpc) is 3.05. The molecule has 0 atom stereocenters. The molecule has 6 nitrogen and oxygen atoms in total. The Hall–Kier alpha value is -4.78. The summed E-state index contributed by atoms with van der Waals surface area (Å²) in [7, 11) is 9.95. The largest absolute Gasteiger partial charge is 0.497 e. The predicted octanol–water partition coefficient (Wildman–Crippen LogP) is 6.07. The third kappa shape index (κ3) is 5.82. The molecule has 0 aliphatic rings. The van der Waals surface area contributed by atoms with Crippen molar-refractivity contribution >= 4 is 28.7 Å². The molecular weight excluding hydrogens is 527 g/mol. The fraction of sp³-hybridized carbons (Fsp3) is 0.200. The summed E-state index contributed by atoms with van der Waals surface area (Å²) in [6.45, 7) is 3.59. The van der Waals surface area contributed by atoms with Gasteiger partial charge in [0.1, 0.15) is 34.5 Å². The molecule has 0 spiro atoms. The number of benzene rings is 4. The molecule has 216 valence electrons. The maximum Gasteiger partial charge on any atom is 0.262 e. The lowest BCUT2D eigenvalue weighted by atomic mass is 9.33. The molecular formula is C35H37BO6. The van der Waals surface area contributed by atoms with Crippen LogP contribution in [0, 0.1) is 0 Å². The van der Waals surface area contributed by atoms with Crippen LogP contribution in [0.4, 0.5) is 0 Å². The average molecular weight is 564 g/mol. The van der Waals surface area contributed by atoms with Gasteiger partial charge >= 0.3 is 0 Å². The first-order valence-electron chi connectivity index (χ1n) is 13.6. The highest BCUT2D eigenvalue weighted by Crippen LogP contribution is 2.43. The summed E-state index contributed by atoms with van der Waals surface area (Å²) < 4.78 is 36.1. The van der Waals surface area contributed by atoms with Crippen molar-refractivity contribution in [2.24, 2.45) is 0 Å². The van der Waals surface area contributed by atoms with E-state index in [-0.39, 0.29) is 0 Å². The molecule has 4 aromatic carbocycles. The van der Waals surface area contributed by atoms with Gasteiger partial charge in [0, 0.05) is 10.9 Å². The summed E-state index contributed by atoms with van der Waals surface area (Å²) in [5.74, 6) is 3.87. The second-order valence-electron chi connectivity index (χ2n) is 9.37. The van der Waals surface area contributed by atoms with Crippen LogP contribution in [0.15, 0.2) is 97.6 Å². The van der Waals surface area contributed by atoms with Gasteiger partial charge < -0.3 is 28.4 Å². The van der Waals surface area contributed by atoms with Crippen molar-refractivity contribution in [2.75, 3.05) is 42.7 Å². The fourth-order valence-electron chi connectivity index (χ4n) is 5.51. The molecule has 0 unspecified atom stereocenters. The monoisotopic (exact) mass is 564 g/mol. The normalized spacial score (nSPS) is 11.2. The highest BCUT2D eigenvalue weighted by Gasteiger charge is 2.39. The molecule has 4 rings (SSSR count). The van der Waals surface area contributed by atoms with Gasteiger partial charge in [-0.3, -0.25) is 0 Å². The standard InChI is InChI=1S/C35H37BO6/c1-8-15-25(24-16-10-9-11-17-24)33(32-26(37-2)18-12-19-27(32)38-3)36(34-28(39-4)20-13-21-29(34)40-5)35-30(41-6)22-14-23-31(35)42-7/h8-14,16-23H,1,15H2,2-7H3/b33-25-. The molecule has 4 aromatic rings. The van der Waals surface area contributed by atoms with E-state index in [1.807, 2.05) is 78.9 Å². The van der Waals surface area contributed by atoms with Gasteiger partial charge in [-0.05, 0) is 59.4 Å². The molecule has 0 aliphatic heterocycles. The van der Waals surface area contributed by atoms with Gasteiger partial charge in [0.15, 0.2) is 0 Å². The highest BCUT2D eigenvalue weighted by atomic mass is 16.5. The molecule has 0 bridgehead atoms. The van der Waals surface area contributed by atoms with Gasteiger partial charge in [-0.15, -0.1) is 6.58 Å². The Morgan fingerprint density at radius 3 is 1.29 bits per heavy atom. The topological polar surface area (TPSA) is 55.4 Å². The Morgan fingerprint density at radius 1 is 0.548 bits per heavy atom. The Balaban J connectivity index is 2.36. The molecule has 0 saturated heterocycles. The summed E-state index contributed by atoms with van der Waals surface area (Å²) in [4.78, 5) is 0. The zero-order chi connectivity index (χ0) is 30.1. The van der Waals surface area contributed by atoms with Crippen LogP contribution in [-0.2, 0) is 0 Å².